The van der Waals surface area contributed by atoms with Gasteiger partial charge in [0.15, 0.2) is 0 Å². The van der Waals surface area contributed by atoms with Crippen LogP contribution in [0.15, 0.2) is 0 Å². The fraction of sp³-hybridized carbons (Fsp3) is 0.900. The maximum Gasteiger partial charge on any atom is 0.310 e. The minimum absolute atomic E-state index is 0.496. The van der Waals surface area contributed by atoms with E-state index >= 15 is 0 Å². The molecule has 1 heterocycles. The van der Waals surface area contributed by atoms with Crippen molar-refractivity contribution < 1.29 is 9.90 Å². The molecule has 0 bridgehead atoms. The summed E-state index contributed by atoms with van der Waals surface area (Å²) in [5, 5.41) is 9.22. The Morgan fingerprint density at radius 2 is 2.36 bits per heavy atom. The monoisotopic (exact) mass is 200 g/mol. The Kier molecular flexibility index (Phi) is 3.89. The van der Waals surface area contributed by atoms with Crippen LogP contribution in [0, 0.1) is 5.41 Å². The maximum absolute atomic E-state index is 11.2. The van der Waals surface area contributed by atoms with Gasteiger partial charge in [0.1, 0.15) is 0 Å². The Morgan fingerprint density at radius 1 is 1.64 bits per heavy atom. The first-order valence-electron chi connectivity index (χ1n) is 5.30. The third kappa shape index (κ3) is 2.25. The number of hydrogen-bond donors (Lipinski definition) is 2. The molecule has 3 N–H and O–H groups in total. The highest BCUT2D eigenvalue weighted by atomic mass is 16.4. The predicted molar refractivity (Wildman–Crippen MR) is 55.1 cm³/mol. The first-order valence-corrected chi connectivity index (χ1v) is 5.30. The van der Waals surface area contributed by atoms with E-state index in [9.17, 15) is 9.90 Å². The molecule has 0 aromatic carbocycles. The molecule has 1 rings (SSSR count). The van der Waals surface area contributed by atoms with Gasteiger partial charge in [-0.1, -0.05) is 13.3 Å². The summed E-state index contributed by atoms with van der Waals surface area (Å²) in [6.07, 6.45) is 2.49. The number of nitrogens with zero attached hydrogens (tertiary/aromatic N) is 1. The molecule has 0 spiro atoms. The molecular formula is C10H20N2O2. The van der Waals surface area contributed by atoms with Crippen LogP contribution in [0.2, 0.25) is 0 Å². The lowest BCUT2D eigenvalue weighted by Crippen LogP contribution is -2.36. The molecule has 0 amide bonds. The van der Waals surface area contributed by atoms with Gasteiger partial charge in [0.05, 0.1) is 5.41 Å². The molecule has 1 fully saturated rings. The minimum atomic E-state index is -0.640. The van der Waals surface area contributed by atoms with Gasteiger partial charge in [-0.2, -0.15) is 0 Å². The van der Waals surface area contributed by atoms with Crippen LogP contribution in [0.25, 0.3) is 0 Å². The highest BCUT2D eigenvalue weighted by Crippen LogP contribution is 2.35. The third-order valence-electron chi connectivity index (χ3n) is 3.06. The maximum atomic E-state index is 11.2. The van der Waals surface area contributed by atoms with Crippen molar-refractivity contribution in [1.29, 1.82) is 0 Å². The molecule has 0 aromatic rings. The predicted octanol–water partition coefficient (Wildman–Crippen LogP) is 0.522. The molecule has 0 aromatic heterocycles. The average Bonchev–Trinajstić information content (AvgIpc) is 2.51. The highest BCUT2D eigenvalue weighted by Gasteiger charge is 2.43. The van der Waals surface area contributed by atoms with Crippen molar-refractivity contribution >= 4 is 5.97 Å². The Bertz CT molecular complexity index is 208. The van der Waals surface area contributed by atoms with Gasteiger partial charge in [-0.15, -0.1) is 0 Å². The van der Waals surface area contributed by atoms with Crippen molar-refractivity contribution in [3.63, 3.8) is 0 Å². The van der Waals surface area contributed by atoms with Gasteiger partial charge >= 0.3 is 5.97 Å². The van der Waals surface area contributed by atoms with Crippen molar-refractivity contribution in [3.8, 4) is 0 Å². The Balaban J connectivity index is 2.59. The Morgan fingerprint density at radius 3 is 2.86 bits per heavy atom. The van der Waals surface area contributed by atoms with Crippen molar-refractivity contribution in [2.24, 2.45) is 11.1 Å². The fourth-order valence-electron chi connectivity index (χ4n) is 2.30. The summed E-state index contributed by atoms with van der Waals surface area (Å²) in [6, 6.07) is 0. The van der Waals surface area contributed by atoms with Crippen LogP contribution in [0.5, 0.6) is 0 Å². The van der Waals surface area contributed by atoms with E-state index in [1.54, 1.807) is 0 Å². The van der Waals surface area contributed by atoms with Crippen LogP contribution < -0.4 is 5.73 Å². The Hall–Kier alpha value is -0.610. The molecule has 1 atom stereocenters. The number of nitrogens with two attached hydrogens (primary N) is 1. The zero-order valence-corrected chi connectivity index (χ0v) is 8.83. The van der Waals surface area contributed by atoms with E-state index in [0.717, 1.165) is 32.4 Å². The van der Waals surface area contributed by atoms with Crippen molar-refractivity contribution in [2.75, 3.05) is 26.2 Å². The molecular weight excluding hydrogens is 180 g/mol. The molecule has 4 heteroatoms. The van der Waals surface area contributed by atoms with Crippen LogP contribution in [-0.2, 0) is 4.79 Å². The lowest BCUT2D eigenvalue weighted by atomic mass is 9.83. The lowest BCUT2D eigenvalue weighted by molar-refractivity contribution is -0.148. The van der Waals surface area contributed by atoms with E-state index in [-0.39, 0.29) is 0 Å². The summed E-state index contributed by atoms with van der Waals surface area (Å²) in [4.78, 5) is 13.4. The molecule has 82 valence electrons. The van der Waals surface area contributed by atoms with Crippen LogP contribution in [0.4, 0.5) is 0 Å². The van der Waals surface area contributed by atoms with Gasteiger partial charge in [-0.3, -0.25) is 4.79 Å². The fourth-order valence-corrected chi connectivity index (χ4v) is 2.30. The SMILES string of the molecule is CCCC1(C(=O)O)CCN(CCN)C1. The van der Waals surface area contributed by atoms with Crippen LogP contribution in [-0.4, -0.2) is 42.2 Å². The summed E-state index contributed by atoms with van der Waals surface area (Å²) in [7, 11) is 0. The lowest BCUT2D eigenvalue weighted by Gasteiger charge is -2.24. The number of aliphatic carboxylic acids is 1. The number of likely N-dealkylation sites (tertiary alicyclic amines) is 1. The zero-order valence-electron chi connectivity index (χ0n) is 8.83. The number of rotatable bonds is 5. The number of carboxylic acids is 1. The molecule has 4 nitrogen and oxygen atoms in total. The molecule has 14 heavy (non-hydrogen) atoms. The molecule has 1 aliphatic rings. The summed E-state index contributed by atoms with van der Waals surface area (Å²) in [5.74, 6) is -0.640. The second kappa shape index (κ2) is 4.75. The van der Waals surface area contributed by atoms with Gasteiger partial charge in [-0.25, -0.2) is 0 Å². The second-order valence-corrected chi connectivity index (χ2v) is 4.15. The normalized spacial score (nSPS) is 28.1. The summed E-state index contributed by atoms with van der Waals surface area (Å²) in [6.45, 7) is 5.02. The van der Waals surface area contributed by atoms with Gasteiger partial charge in [0.2, 0.25) is 0 Å². The van der Waals surface area contributed by atoms with Crippen molar-refractivity contribution in [2.45, 2.75) is 26.2 Å². The van der Waals surface area contributed by atoms with E-state index in [1.165, 1.54) is 0 Å². The van der Waals surface area contributed by atoms with E-state index in [4.69, 9.17) is 5.73 Å². The zero-order chi connectivity index (χ0) is 10.6. The number of carbonyl (C=O) groups is 1. The van der Waals surface area contributed by atoms with Crippen LogP contribution in [0.1, 0.15) is 26.2 Å². The molecule has 1 saturated heterocycles. The van der Waals surface area contributed by atoms with Crippen molar-refractivity contribution in [1.82, 2.24) is 4.90 Å². The van der Waals surface area contributed by atoms with Crippen LogP contribution >= 0.6 is 0 Å². The van der Waals surface area contributed by atoms with E-state index in [2.05, 4.69) is 4.90 Å². The number of carboxylic acid groups (broad SMARTS) is 1. The molecule has 0 saturated carbocycles. The second-order valence-electron chi connectivity index (χ2n) is 4.15. The molecule has 0 aliphatic carbocycles. The smallest absolute Gasteiger partial charge is 0.310 e. The standard InChI is InChI=1S/C10H20N2O2/c1-2-3-10(9(13)14)4-6-12(8-10)7-5-11/h2-8,11H2,1H3,(H,13,14). The summed E-state index contributed by atoms with van der Waals surface area (Å²) in [5.41, 5.74) is 4.96. The van der Waals surface area contributed by atoms with Gasteiger partial charge in [0.25, 0.3) is 0 Å². The average molecular weight is 200 g/mol. The molecule has 1 unspecified atom stereocenters. The first kappa shape index (κ1) is 11.5. The molecule has 1 aliphatic heterocycles. The van der Waals surface area contributed by atoms with Gasteiger partial charge in [-0.05, 0) is 19.4 Å². The molecule has 0 radical (unpaired) electrons. The summed E-state index contributed by atoms with van der Waals surface area (Å²) < 4.78 is 0. The van der Waals surface area contributed by atoms with E-state index in [0.29, 0.717) is 13.1 Å². The Labute approximate surface area is 85.1 Å². The third-order valence-corrected chi connectivity index (χ3v) is 3.06. The van der Waals surface area contributed by atoms with Crippen LogP contribution in [0.3, 0.4) is 0 Å². The van der Waals surface area contributed by atoms with E-state index in [1.807, 2.05) is 6.92 Å². The minimum Gasteiger partial charge on any atom is -0.481 e. The van der Waals surface area contributed by atoms with E-state index < -0.39 is 11.4 Å². The largest absolute Gasteiger partial charge is 0.481 e. The summed E-state index contributed by atoms with van der Waals surface area (Å²) >= 11 is 0. The van der Waals surface area contributed by atoms with Crippen molar-refractivity contribution in [3.05, 3.63) is 0 Å². The van der Waals surface area contributed by atoms with Gasteiger partial charge < -0.3 is 15.7 Å². The topological polar surface area (TPSA) is 66.6 Å². The number of hydrogen-bond acceptors (Lipinski definition) is 3. The van der Waals surface area contributed by atoms with Gasteiger partial charge in [0, 0.05) is 19.6 Å². The quantitative estimate of drug-likeness (QED) is 0.679. The highest BCUT2D eigenvalue weighted by molar-refractivity contribution is 5.75. The first-order chi connectivity index (χ1) is 6.64.